The number of pyridine rings is 1. The Kier molecular flexibility index (Phi) is 7.76. The molecular formula is C35H41ClN2O3. The van der Waals surface area contributed by atoms with E-state index < -0.39 is 11.5 Å². The van der Waals surface area contributed by atoms with Gasteiger partial charge in [0.05, 0.1) is 6.61 Å². The van der Waals surface area contributed by atoms with Gasteiger partial charge >= 0.3 is 5.97 Å². The van der Waals surface area contributed by atoms with Gasteiger partial charge in [0.15, 0.2) is 0 Å². The molecule has 5 nitrogen and oxygen atoms in total. The quantitative estimate of drug-likeness (QED) is 0.287. The number of hydrogen-bond acceptors (Lipinski definition) is 4. The van der Waals surface area contributed by atoms with Crippen LogP contribution in [0.25, 0.3) is 0 Å². The van der Waals surface area contributed by atoms with Gasteiger partial charge in [-0.2, -0.15) is 0 Å². The van der Waals surface area contributed by atoms with Crippen molar-refractivity contribution in [3.05, 3.63) is 88.2 Å². The van der Waals surface area contributed by atoms with Crippen molar-refractivity contribution in [3.63, 3.8) is 0 Å². The molecule has 216 valence electrons. The Bertz CT molecular complexity index is 1410. The summed E-state index contributed by atoms with van der Waals surface area (Å²) in [5.74, 6) is 1.75. The van der Waals surface area contributed by atoms with Crippen molar-refractivity contribution in [1.82, 2.24) is 4.98 Å². The highest BCUT2D eigenvalue weighted by molar-refractivity contribution is 6.30. The topological polar surface area (TPSA) is 71.5 Å². The maximum Gasteiger partial charge on any atom is 0.329 e. The molecule has 2 unspecified atom stereocenters. The van der Waals surface area contributed by atoms with E-state index in [1.165, 1.54) is 28.8 Å². The Morgan fingerprint density at radius 1 is 1.12 bits per heavy atom. The van der Waals surface area contributed by atoms with Gasteiger partial charge in [-0.15, -0.1) is 0 Å². The summed E-state index contributed by atoms with van der Waals surface area (Å²) in [6.07, 6.45) is 10.1. The lowest BCUT2D eigenvalue weighted by atomic mass is 9.59. The third-order valence-corrected chi connectivity index (χ3v) is 10.4. The molecule has 1 spiro atoms. The van der Waals surface area contributed by atoms with Crippen LogP contribution >= 0.6 is 11.6 Å². The van der Waals surface area contributed by atoms with Crippen LogP contribution in [0.3, 0.4) is 0 Å². The molecule has 3 atom stereocenters. The standard InChI is InChI=1S/C35H41ClN2O3/c1-23-10-11-29-31(19-23)37-17-12-32(29)41-22-24(2)18-26-20-25-6-3-4-9-30(25)34(26)13-15-35(16-14-34,33(39)40)38-28-8-5-7-27(36)21-28/h3-9,12,17,21,23-24,26,38H,10-11,13-16,18-20,22H2,1-2H3,(H,39,40)/t23?,24-,26?,34?,35?/m1/s1. The zero-order valence-electron chi connectivity index (χ0n) is 24.2. The van der Waals surface area contributed by atoms with E-state index in [0.29, 0.717) is 42.2 Å². The Balaban J connectivity index is 1.18. The van der Waals surface area contributed by atoms with Gasteiger partial charge < -0.3 is 15.2 Å². The fourth-order valence-corrected chi connectivity index (χ4v) is 8.10. The molecule has 3 aliphatic carbocycles. The van der Waals surface area contributed by atoms with Crippen LogP contribution < -0.4 is 10.1 Å². The van der Waals surface area contributed by atoms with E-state index in [-0.39, 0.29) is 5.41 Å². The minimum atomic E-state index is -0.995. The number of aromatic nitrogens is 1. The van der Waals surface area contributed by atoms with Crippen LogP contribution in [0.5, 0.6) is 5.75 Å². The molecule has 0 saturated heterocycles. The Morgan fingerprint density at radius 2 is 1.93 bits per heavy atom. The molecule has 0 bridgehead atoms. The molecule has 1 fully saturated rings. The molecule has 0 radical (unpaired) electrons. The van der Waals surface area contributed by atoms with Crippen molar-refractivity contribution < 1.29 is 14.6 Å². The second kappa shape index (κ2) is 11.3. The van der Waals surface area contributed by atoms with Crippen molar-refractivity contribution in [2.75, 3.05) is 11.9 Å². The van der Waals surface area contributed by atoms with Crippen LogP contribution in [0.4, 0.5) is 5.69 Å². The molecule has 0 aliphatic heterocycles. The van der Waals surface area contributed by atoms with E-state index in [0.717, 1.165) is 50.0 Å². The summed E-state index contributed by atoms with van der Waals surface area (Å²) < 4.78 is 6.47. The number of carboxylic acid groups (broad SMARTS) is 1. The van der Waals surface area contributed by atoms with Crippen LogP contribution in [0.1, 0.15) is 74.8 Å². The number of benzene rings is 2. The summed E-state index contributed by atoms with van der Waals surface area (Å²) in [7, 11) is 0. The van der Waals surface area contributed by atoms with Gasteiger partial charge in [-0.25, -0.2) is 4.79 Å². The number of hydrogen-bond donors (Lipinski definition) is 2. The lowest BCUT2D eigenvalue weighted by Crippen LogP contribution is -2.53. The molecule has 3 aliphatic rings. The highest BCUT2D eigenvalue weighted by Gasteiger charge is 2.54. The number of rotatable bonds is 8. The number of nitrogens with one attached hydrogen (secondary N) is 1. The van der Waals surface area contributed by atoms with Gasteiger partial charge in [0.2, 0.25) is 0 Å². The van der Waals surface area contributed by atoms with E-state index in [1.54, 1.807) is 0 Å². The average molecular weight is 573 g/mol. The van der Waals surface area contributed by atoms with Crippen LogP contribution in [-0.2, 0) is 29.5 Å². The normalized spacial score (nSPS) is 27.6. The Hall–Kier alpha value is -3.05. The van der Waals surface area contributed by atoms with E-state index in [2.05, 4.69) is 48.4 Å². The first-order chi connectivity index (χ1) is 19.8. The number of ether oxygens (including phenoxy) is 1. The summed E-state index contributed by atoms with van der Waals surface area (Å²) >= 11 is 6.21. The molecule has 1 aromatic heterocycles. The van der Waals surface area contributed by atoms with Crippen LogP contribution in [0, 0.1) is 17.8 Å². The molecule has 2 N–H and O–H groups in total. The van der Waals surface area contributed by atoms with Crippen molar-refractivity contribution in [2.24, 2.45) is 17.8 Å². The van der Waals surface area contributed by atoms with Crippen molar-refractivity contribution >= 4 is 23.3 Å². The number of fused-ring (bicyclic) bond motifs is 3. The Morgan fingerprint density at radius 3 is 2.71 bits per heavy atom. The lowest BCUT2D eigenvalue weighted by molar-refractivity contribution is -0.144. The molecule has 6 rings (SSSR count). The molecule has 2 aromatic carbocycles. The lowest BCUT2D eigenvalue weighted by Gasteiger charge is -2.47. The monoisotopic (exact) mass is 572 g/mol. The number of anilines is 1. The highest BCUT2D eigenvalue weighted by Crippen LogP contribution is 2.56. The minimum absolute atomic E-state index is 0.00815. The van der Waals surface area contributed by atoms with Crippen molar-refractivity contribution in [3.8, 4) is 5.75 Å². The second-order valence-electron chi connectivity index (χ2n) is 13.0. The zero-order valence-corrected chi connectivity index (χ0v) is 24.9. The van der Waals surface area contributed by atoms with Gasteiger partial charge in [-0.05, 0) is 116 Å². The van der Waals surface area contributed by atoms with E-state index in [1.807, 2.05) is 36.5 Å². The Labute approximate surface area is 248 Å². The number of carbonyl (C=O) groups is 1. The first kappa shape index (κ1) is 28.1. The van der Waals surface area contributed by atoms with Crippen LogP contribution in [0.2, 0.25) is 5.02 Å². The van der Waals surface area contributed by atoms with E-state index in [9.17, 15) is 9.90 Å². The SMILES string of the molecule is CC1CCc2c(OC[C@H](C)CC3Cc4ccccc4C34CCC(Nc3cccc(Cl)c3)(C(=O)O)CC4)ccnc2C1. The van der Waals surface area contributed by atoms with E-state index in [4.69, 9.17) is 16.3 Å². The number of nitrogens with zero attached hydrogens (tertiary/aromatic N) is 1. The van der Waals surface area contributed by atoms with E-state index >= 15 is 0 Å². The third kappa shape index (κ3) is 5.46. The summed E-state index contributed by atoms with van der Waals surface area (Å²) in [6.45, 7) is 5.29. The maximum absolute atomic E-state index is 12.7. The molecule has 1 heterocycles. The van der Waals surface area contributed by atoms with Gasteiger partial charge in [-0.1, -0.05) is 55.8 Å². The van der Waals surface area contributed by atoms with Crippen LogP contribution in [0.15, 0.2) is 60.8 Å². The number of halogens is 1. The summed E-state index contributed by atoms with van der Waals surface area (Å²) in [5.41, 5.74) is 5.11. The first-order valence-electron chi connectivity index (χ1n) is 15.2. The predicted octanol–water partition coefficient (Wildman–Crippen LogP) is 7.88. The van der Waals surface area contributed by atoms with Crippen LogP contribution in [-0.4, -0.2) is 28.2 Å². The fourth-order valence-electron chi connectivity index (χ4n) is 7.91. The van der Waals surface area contributed by atoms with Crippen molar-refractivity contribution in [2.45, 2.75) is 82.6 Å². The molecule has 41 heavy (non-hydrogen) atoms. The molecule has 3 aromatic rings. The van der Waals surface area contributed by atoms with Gasteiger partial charge in [0, 0.05) is 28.2 Å². The maximum atomic E-state index is 12.7. The average Bonchev–Trinajstić information content (AvgIpc) is 3.25. The molecule has 6 heteroatoms. The van der Waals surface area contributed by atoms with Crippen molar-refractivity contribution in [1.29, 1.82) is 0 Å². The molecule has 1 saturated carbocycles. The fraction of sp³-hybridized carbons (Fsp3) is 0.486. The number of carboxylic acids is 1. The predicted molar refractivity (Wildman–Crippen MR) is 164 cm³/mol. The summed E-state index contributed by atoms with van der Waals surface area (Å²) in [6, 6.07) is 18.3. The van der Waals surface area contributed by atoms with Gasteiger partial charge in [-0.3, -0.25) is 4.98 Å². The zero-order chi connectivity index (χ0) is 28.6. The molecular weight excluding hydrogens is 532 g/mol. The van der Waals surface area contributed by atoms with Gasteiger partial charge in [0.1, 0.15) is 11.3 Å². The summed E-state index contributed by atoms with van der Waals surface area (Å²) in [4.78, 5) is 17.3. The second-order valence-corrected chi connectivity index (χ2v) is 13.4. The minimum Gasteiger partial charge on any atom is -0.493 e. The molecule has 0 amide bonds. The number of aliphatic carboxylic acids is 1. The highest BCUT2D eigenvalue weighted by atomic mass is 35.5. The largest absolute Gasteiger partial charge is 0.493 e. The summed E-state index contributed by atoms with van der Waals surface area (Å²) in [5, 5.41) is 14.4. The van der Waals surface area contributed by atoms with Gasteiger partial charge in [0.25, 0.3) is 0 Å². The first-order valence-corrected chi connectivity index (χ1v) is 15.6. The third-order valence-electron chi connectivity index (χ3n) is 10.2. The smallest absolute Gasteiger partial charge is 0.329 e.